The first-order valence-corrected chi connectivity index (χ1v) is 11.2. The van der Waals surface area contributed by atoms with E-state index in [0.717, 1.165) is 24.2 Å². The van der Waals surface area contributed by atoms with Crippen LogP contribution in [0, 0.1) is 19.7 Å². The van der Waals surface area contributed by atoms with Crippen LogP contribution in [0.4, 0.5) is 10.2 Å². The number of anilines is 1. The van der Waals surface area contributed by atoms with Crippen LogP contribution in [0.25, 0.3) is 16.9 Å². The Hall–Kier alpha value is -4.05. The Balaban J connectivity index is 1.79. The molecule has 9 nitrogen and oxygen atoms in total. The summed E-state index contributed by atoms with van der Waals surface area (Å²) in [5, 5.41) is 17.1. The number of carboxylic acid groups (broad SMARTS) is 1. The highest BCUT2D eigenvalue weighted by atomic mass is 19.1. The number of carboxylic acids is 1. The Kier molecular flexibility index (Phi) is 6.92. The van der Waals surface area contributed by atoms with Gasteiger partial charge in [0.1, 0.15) is 11.6 Å². The maximum absolute atomic E-state index is 15.1. The minimum Gasteiger partial charge on any atom is -0.478 e. The quantitative estimate of drug-likeness (QED) is 0.364. The van der Waals surface area contributed by atoms with Crippen molar-refractivity contribution in [2.75, 3.05) is 32.0 Å². The molecule has 0 aliphatic carbocycles. The molecule has 0 unspecified atom stereocenters. The normalized spacial score (nSPS) is 11.3. The lowest BCUT2D eigenvalue weighted by molar-refractivity contribution is 0.0697. The monoisotopic (exact) mass is 478 g/mol. The van der Waals surface area contributed by atoms with E-state index in [1.807, 2.05) is 39.1 Å². The molecule has 2 aromatic carbocycles. The molecule has 0 fully saturated rings. The Bertz CT molecular complexity index is 1370. The van der Waals surface area contributed by atoms with Crippen molar-refractivity contribution in [2.45, 2.75) is 20.8 Å². The maximum atomic E-state index is 15.1. The van der Waals surface area contributed by atoms with Crippen molar-refractivity contribution in [1.29, 1.82) is 0 Å². The van der Waals surface area contributed by atoms with E-state index in [9.17, 15) is 9.90 Å². The zero-order chi connectivity index (χ0) is 25.1. The average molecular weight is 479 g/mol. The van der Waals surface area contributed by atoms with Gasteiger partial charge in [-0.05, 0) is 44.6 Å². The van der Waals surface area contributed by atoms with Gasteiger partial charge in [0.15, 0.2) is 11.6 Å². The van der Waals surface area contributed by atoms with Gasteiger partial charge in [-0.25, -0.2) is 18.9 Å². The molecule has 4 rings (SSSR count). The summed E-state index contributed by atoms with van der Waals surface area (Å²) in [6.45, 7) is 8.11. The SMILES string of the molecule is CCN(C)CCNc1nc(-n2cc(C(=O)O)cn2)nc2cc(F)c(Oc3c(C)cccc3C)cc12. The van der Waals surface area contributed by atoms with E-state index in [1.54, 1.807) is 6.07 Å². The third-order valence-electron chi connectivity index (χ3n) is 5.72. The van der Waals surface area contributed by atoms with Crippen molar-refractivity contribution in [3.63, 3.8) is 0 Å². The third kappa shape index (κ3) is 5.22. The highest BCUT2D eigenvalue weighted by Crippen LogP contribution is 2.34. The molecule has 2 heterocycles. The first kappa shape index (κ1) is 24.1. The molecule has 0 radical (unpaired) electrons. The Morgan fingerprint density at radius 1 is 1.23 bits per heavy atom. The van der Waals surface area contributed by atoms with Crippen molar-refractivity contribution in [1.82, 2.24) is 24.6 Å². The lowest BCUT2D eigenvalue weighted by Crippen LogP contribution is -2.25. The summed E-state index contributed by atoms with van der Waals surface area (Å²) >= 11 is 0. The zero-order valence-corrected chi connectivity index (χ0v) is 20.0. The topological polar surface area (TPSA) is 105 Å². The molecule has 35 heavy (non-hydrogen) atoms. The molecular weight excluding hydrogens is 451 g/mol. The summed E-state index contributed by atoms with van der Waals surface area (Å²) in [6.07, 6.45) is 2.52. The summed E-state index contributed by atoms with van der Waals surface area (Å²) in [5.74, 6) is -0.440. The van der Waals surface area contributed by atoms with Gasteiger partial charge in [-0.15, -0.1) is 0 Å². The van der Waals surface area contributed by atoms with Crippen LogP contribution in [0.5, 0.6) is 11.5 Å². The number of para-hydroxylation sites is 1. The molecule has 182 valence electrons. The largest absolute Gasteiger partial charge is 0.478 e. The summed E-state index contributed by atoms with van der Waals surface area (Å²) in [4.78, 5) is 22.4. The average Bonchev–Trinajstić information content (AvgIpc) is 3.32. The first-order valence-electron chi connectivity index (χ1n) is 11.2. The fraction of sp³-hybridized carbons (Fsp3) is 0.280. The molecule has 0 amide bonds. The van der Waals surface area contributed by atoms with Crippen LogP contribution >= 0.6 is 0 Å². The number of benzene rings is 2. The molecule has 2 N–H and O–H groups in total. The minimum absolute atomic E-state index is 0.00342. The lowest BCUT2D eigenvalue weighted by Gasteiger charge is -2.17. The van der Waals surface area contributed by atoms with Gasteiger partial charge in [0.25, 0.3) is 5.95 Å². The molecule has 0 aliphatic rings. The number of halogens is 1. The van der Waals surface area contributed by atoms with Crippen LogP contribution in [-0.2, 0) is 0 Å². The second-order valence-electron chi connectivity index (χ2n) is 8.30. The summed E-state index contributed by atoms with van der Waals surface area (Å²) in [7, 11) is 2.01. The first-order chi connectivity index (χ1) is 16.8. The Labute approximate surface area is 202 Å². The number of nitrogens with one attached hydrogen (secondary N) is 1. The highest BCUT2D eigenvalue weighted by molar-refractivity contribution is 5.91. The number of likely N-dealkylation sites (N-methyl/N-ethyl adjacent to an activating group) is 1. The summed E-state index contributed by atoms with van der Waals surface area (Å²) in [6, 6.07) is 8.60. The molecule has 0 spiro atoms. The predicted molar refractivity (Wildman–Crippen MR) is 131 cm³/mol. The summed E-state index contributed by atoms with van der Waals surface area (Å²) < 4.78 is 22.4. The number of hydrogen-bond donors (Lipinski definition) is 2. The molecule has 0 saturated heterocycles. The van der Waals surface area contributed by atoms with Gasteiger partial charge in [0, 0.05) is 30.7 Å². The second-order valence-corrected chi connectivity index (χ2v) is 8.30. The standard InChI is InChI=1S/C25H27FN6O3/c1-5-31(4)10-9-27-23-18-11-21(35-22-15(2)7-6-8-16(22)3)19(26)12-20(18)29-25(30-23)32-14-17(13-28-32)24(33)34/h6-8,11-14H,5,9-10H2,1-4H3,(H,33,34)(H,27,29,30). The number of ether oxygens (including phenoxy) is 1. The molecule has 2 aromatic heterocycles. The van der Waals surface area contributed by atoms with E-state index in [-0.39, 0.29) is 17.3 Å². The molecule has 10 heteroatoms. The van der Waals surface area contributed by atoms with E-state index in [2.05, 4.69) is 32.2 Å². The maximum Gasteiger partial charge on any atom is 0.338 e. The number of hydrogen-bond acceptors (Lipinski definition) is 7. The fourth-order valence-electron chi connectivity index (χ4n) is 3.57. The van der Waals surface area contributed by atoms with E-state index < -0.39 is 11.8 Å². The van der Waals surface area contributed by atoms with Crippen molar-refractivity contribution in [3.8, 4) is 17.4 Å². The third-order valence-corrected chi connectivity index (χ3v) is 5.72. The van der Waals surface area contributed by atoms with Gasteiger partial charge in [0.05, 0.1) is 17.3 Å². The van der Waals surface area contributed by atoms with Crippen LogP contribution < -0.4 is 10.1 Å². The van der Waals surface area contributed by atoms with Crippen molar-refractivity contribution in [3.05, 3.63) is 65.2 Å². The predicted octanol–water partition coefficient (Wildman–Crippen LogP) is 4.43. The van der Waals surface area contributed by atoms with Crippen LogP contribution in [0.2, 0.25) is 0 Å². The molecule has 0 aliphatic heterocycles. The number of rotatable bonds is 9. The number of aromatic nitrogens is 4. The number of fused-ring (bicyclic) bond motifs is 1. The van der Waals surface area contributed by atoms with Crippen LogP contribution in [-0.4, -0.2) is 62.4 Å². The highest BCUT2D eigenvalue weighted by Gasteiger charge is 2.17. The fourth-order valence-corrected chi connectivity index (χ4v) is 3.57. The smallest absolute Gasteiger partial charge is 0.338 e. The minimum atomic E-state index is -1.11. The number of carbonyl (C=O) groups is 1. The van der Waals surface area contributed by atoms with Crippen molar-refractivity contribution >= 4 is 22.7 Å². The molecule has 0 atom stereocenters. The van der Waals surface area contributed by atoms with E-state index in [1.165, 1.54) is 23.1 Å². The molecule has 0 bridgehead atoms. The Morgan fingerprint density at radius 3 is 2.63 bits per heavy atom. The number of nitrogens with zero attached hydrogens (tertiary/aromatic N) is 5. The van der Waals surface area contributed by atoms with E-state index >= 15 is 4.39 Å². The summed E-state index contributed by atoms with van der Waals surface area (Å²) in [5.41, 5.74) is 2.12. The van der Waals surface area contributed by atoms with Gasteiger partial charge in [0.2, 0.25) is 0 Å². The number of aromatic carboxylic acids is 1. The zero-order valence-electron chi connectivity index (χ0n) is 20.0. The van der Waals surface area contributed by atoms with Crippen LogP contribution in [0.3, 0.4) is 0 Å². The Morgan fingerprint density at radius 2 is 1.97 bits per heavy atom. The van der Waals surface area contributed by atoms with E-state index in [4.69, 9.17) is 4.74 Å². The molecule has 0 saturated carbocycles. The van der Waals surface area contributed by atoms with Crippen LogP contribution in [0.1, 0.15) is 28.4 Å². The lowest BCUT2D eigenvalue weighted by atomic mass is 10.1. The van der Waals surface area contributed by atoms with E-state index in [0.29, 0.717) is 29.0 Å². The van der Waals surface area contributed by atoms with Gasteiger partial charge in [-0.1, -0.05) is 25.1 Å². The molecular formula is C25H27FN6O3. The van der Waals surface area contributed by atoms with Gasteiger partial charge >= 0.3 is 5.97 Å². The van der Waals surface area contributed by atoms with Gasteiger partial charge < -0.3 is 20.1 Å². The second kappa shape index (κ2) is 10.1. The van der Waals surface area contributed by atoms with Crippen molar-refractivity contribution in [2.24, 2.45) is 0 Å². The van der Waals surface area contributed by atoms with Gasteiger partial charge in [-0.2, -0.15) is 10.1 Å². The van der Waals surface area contributed by atoms with Crippen LogP contribution in [0.15, 0.2) is 42.7 Å². The molecule has 4 aromatic rings. The van der Waals surface area contributed by atoms with Crippen molar-refractivity contribution < 1.29 is 19.0 Å². The van der Waals surface area contributed by atoms with Gasteiger partial charge in [-0.3, -0.25) is 0 Å². The number of aryl methyl sites for hydroxylation is 2.